The van der Waals surface area contributed by atoms with Gasteiger partial charge in [-0.1, -0.05) is 6.07 Å². The maximum absolute atomic E-state index is 12.2. The molecule has 0 amide bonds. The van der Waals surface area contributed by atoms with Gasteiger partial charge in [0.15, 0.2) is 5.96 Å². The molecule has 2 N–H and O–H groups in total. The molecule has 0 aliphatic carbocycles. The fourth-order valence-corrected chi connectivity index (χ4v) is 2.53. The quantitative estimate of drug-likeness (QED) is 0.353. The molecule has 0 atom stereocenters. The summed E-state index contributed by atoms with van der Waals surface area (Å²) >= 11 is 1.70. The van der Waals surface area contributed by atoms with Gasteiger partial charge in [0.05, 0.1) is 13.1 Å². The standard InChI is InChI=1S/C14H23F3N4S.HI/c1-3-18-13(19-7-6-12-5-4-10-22-12)20-8-9-21(2)11-14(15,16)17;/h4-5,10H,3,6-9,11H2,1-2H3,(H2,18,19,20);1H. The van der Waals surface area contributed by atoms with Crippen LogP contribution in [0.3, 0.4) is 0 Å². The molecule has 0 saturated carbocycles. The number of rotatable bonds is 8. The molecule has 1 rings (SSSR count). The Hall–Kier alpha value is -0.550. The van der Waals surface area contributed by atoms with E-state index in [0.29, 0.717) is 19.0 Å². The van der Waals surface area contributed by atoms with Crippen molar-refractivity contribution < 1.29 is 13.2 Å². The lowest BCUT2D eigenvalue weighted by molar-refractivity contribution is -0.142. The van der Waals surface area contributed by atoms with Crippen molar-refractivity contribution in [1.82, 2.24) is 15.5 Å². The summed E-state index contributed by atoms with van der Waals surface area (Å²) in [6, 6.07) is 4.08. The minimum atomic E-state index is -4.16. The topological polar surface area (TPSA) is 39.7 Å². The summed E-state index contributed by atoms with van der Waals surface area (Å²) in [6.07, 6.45) is -3.27. The summed E-state index contributed by atoms with van der Waals surface area (Å²) in [7, 11) is 1.44. The Morgan fingerprint density at radius 1 is 1.35 bits per heavy atom. The second-order valence-corrected chi connectivity index (χ2v) is 5.90. The lowest BCUT2D eigenvalue weighted by atomic mass is 10.3. The summed E-state index contributed by atoms with van der Waals surface area (Å²) in [5.74, 6) is 0.638. The van der Waals surface area contributed by atoms with Crippen molar-refractivity contribution in [2.45, 2.75) is 19.5 Å². The van der Waals surface area contributed by atoms with Gasteiger partial charge in [-0.2, -0.15) is 13.2 Å². The van der Waals surface area contributed by atoms with Gasteiger partial charge in [0.2, 0.25) is 0 Å². The van der Waals surface area contributed by atoms with Gasteiger partial charge in [-0.05, 0) is 31.8 Å². The minimum Gasteiger partial charge on any atom is -0.357 e. The number of likely N-dealkylation sites (N-methyl/N-ethyl adjacent to an activating group) is 1. The Kier molecular flexibility index (Phi) is 11.6. The van der Waals surface area contributed by atoms with Crippen LogP contribution in [0.25, 0.3) is 0 Å². The lowest BCUT2D eigenvalue weighted by Crippen LogP contribution is -2.39. The largest absolute Gasteiger partial charge is 0.401 e. The van der Waals surface area contributed by atoms with E-state index in [-0.39, 0.29) is 30.5 Å². The van der Waals surface area contributed by atoms with Crippen LogP contribution in [0.1, 0.15) is 11.8 Å². The summed E-state index contributed by atoms with van der Waals surface area (Å²) in [4.78, 5) is 6.80. The van der Waals surface area contributed by atoms with E-state index >= 15 is 0 Å². The lowest BCUT2D eigenvalue weighted by Gasteiger charge is -2.17. The molecule has 0 aromatic carbocycles. The van der Waals surface area contributed by atoms with Gasteiger partial charge in [-0.15, -0.1) is 35.3 Å². The molecule has 0 fully saturated rings. The highest BCUT2D eigenvalue weighted by atomic mass is 127. The Bertz CT molecular complexity index is 438. The van der Waals surface area contributed by atoms with E-state index in [1.807, 2.05) is 18.4 Å². The number of nitrogens with zero attached hydrogens (tertiary/aromatic N) is 2. The number of hydrogen-bond donors (Lipinski definition) is 2. The fraction of sp³-hybridized carbons (Fsp3) is 0.643. The van der Waals surface area contributed by atoms with Crippen molar-refractivity contribution in [2.75, 3.05) is 39.8 Å². The average molecular weight is 464 g/mol. The van der Waals surface area contributed by atoms with E-state index < -0.39 is 12.7 Å². The van der Waals surface area contributed by atoms with Gasteiger partial charge < -0.3 is 10.6 Å². The predicted octanol–water partition coefficient (Wildman–Crippen LogP) is 2.96. The highest BCUT2D eigenvalue weighted by molar-refractivity contribution is 14.0. The van der Waals surface area contributed by atoms with E-state index in [9.17, 15) is 13.2 Å². The van der Waals surface area contributed by atoms with Crippen LogP contribution < -0.4 is 10.6 Å². The second-order valence-electron chi connectivity index (χ2n) is 4.87. The zero-order chi connectivity index (χ0) is 16.4. The molecule has 0 bridgehead atoms. The number of nitrogens with one attached hydrogen (secondary N) is 2. The van der Waals surface area contributed by atoms with Gasteiger partial charge in [-0.25, -0.2) is 0 Å². The van der Waals surface area contributed by atoms with E-state index in [1.165, 1.54) is 16.8 Å². The molecule has 0 spiro atoms. The number of halogens is 4. The normalized spacial score (nSPS) is 12.2. The third kappa shape index (κ3) is 11.6. The first-order valence-corrected chi connectivity index (χ1v) is 8.08. The van der Waals surface area contributed by atoms with Gasteiger partial charge in [0.25, 0.3) is 0 Å². The number of aliphatic imine (C=N–C) groups is 1. The van der Waals surface area contributed by atoms with Crippen molar-refractivity contribution in [1.29, 1.82) is 0 Å². The van der Waals surface area contributed by atoms with Gasteiger partial charge in [0.1, 0.15) is 0 Å². The van der Waals surface area contributed by atoms with Crippen molar-refractivity contribution in [3.63, 3.8) is 0 Å². The van der Waals surface area contributed by atoms with E-state index in [0.717, 1.165) is 13.0 Å². The summed E-state index contributed by atoms with van der Waals surface area (Å²) in [5, 5.41) is 8.30. The molecule has 0 radical (unpaired) electrons. The Labute approximate surface area is 156 Å². The van der Waals surface area contributed by atoms with Crippen molar-refractivity contribution in [2.24, 2.45) is 4.99 Å². The van der Waals surface area contributed by atoms with Crippen LogP contribution in [0.4, 0.5) is 13.2 Å². The smallest absolute Gasteiger partial charge is 0.357 e. The fourth-order valence-electron chi connectivity index (χ4n) is 1.82. The zero-order valence-electron chi connectivity index (χ0n) is 13.3. The Morgan fingerprint density at radius 3 is 2.65 bits per heavy atom. The molecule has 134 valence electrons. The average Bonchev–Trinajstić information content (AvgIpc) is 2.89. The van der Waals surface area contributed by atoms with Crippen molar-refractivity contribution in [3.05, 3.63) is 22.4 Å². The molecule has 0 aliphatic heterocycles. The maximum Gasteiger partial charge on any atom is 0.401 e. The molecule has 1 aromatic rings. The summed E-state index contributed by atoms with van der Waals surface area (Å²) in [5.41, 5.74) is 0. The van der Waals surface area contributed by atoms with Crippen LogP contribution in [-0.4, -0.2) is 56.8 Å². The monoisotopic (exact) mass is 464 g/mol. The SMILES string of the molecule is CCNC(=NCCN(C)CC(F)(F)F)NCCc1cccs1.I. The highest BCUT2D eigenvalue weighted by Crippen LogP contribution is 2.15. The number of thiophene rings is 1. The van der Waals surface area contributed by atoms with Crippen LogP contribution in [0, 0.1) is 0 Å². The zero-order valence-corrected chi connectivity index (χ0v) is 16.5. The third-order valence-electron chi connectivity index (χ3n) is 2.79. The number of alkyl halides is 3. The first-order valence-electron chi connectivity index (χ1n) is 7.20. The van der Waals surface area contributed by atoms with Crippen LogP contribution in [-0.2, 0) is 6.42 Å². The van der Waals surface area contributed by atoms with Crippen LogP contribution >= 0.6 is 35.3 Å². The first-order chi connectivity index (χ1) is 10.4. The first kappa shape index (κ1) is 22.4. The van der Waals surface area contributed by atoms with Crippen LogP contribution in [0.2, 0.25) is 0 Å². The molecule has 1 aromatic heterocycles. The Morgan fingerprint density at radius 2 is 2.09 bits per heavy atom. The minimum absolute atomic E-state index is 0. The number of hydrogen-bond acceptors (Lipinski definition) is 3. The summed E-state index contributed by atoms with van der Waals surface area (Å²) in [6.45, 7) is 3.08. The molecule has 23 heavy (non-hydrogen) atoms. The molecule has 1 heterocycles. The van der Waals surface area contributed by atoms with Gasteiger partial charge in [-0.3, -0.25) is 9.89 Å². The van der Waals surface area contributed by atoms with Crippen LogP contribution in [0.15, 0.2) is 22.5 Å². The van der Waals surface area contributed by atoms with E-state index in [4.69, 9.17) is 0 Å². The molecule has 0 aliphatic rings. The molecule has 4 nitrogen and oxygen atoms in total. The maximum atomic E-state index is 12.2. The Balaban J connectivity index is 0.00000484. The molecular formula is C14H24F3IN4S. The molecule has 0 unspecified atom stereocenters. The van der Waals surface area contributed by atoms with Crippen molar-refractivity contribution in [3.8, 4) is 0 Å². The highest BCUT2D eigenvalue weighted by Gasteiger charge is 2.28. The molecule has 9 heteroatoms. The van der Waals surface area contributed by atoms with Crippen molar-refractivity contribution >= 4 is 41.3 Å². The predicted molar refractivity (Wildman–Crippen MR) is 101 cm³/mol. The molecular weight excluding hydrogens is 440 g/mol. The molecule has 0 saturated heterocycles. The van der Waals surface area contributed by atoms with Gasteiger partial charge in [0, 0.05) is 24.5 Å². The van der Waals surface area contributed by atoms with E-state index in [2.05, 4.69) is 21.7 Å². The third-order valence-corrected chi connectivity index (χ3v) is 3.73. The van der Waals surface area contributed by atoms with E-state index in [1.54, 1.807) is 11.3 Å². The second kappa shape index (κ2) is 11.9. The summed E-state index contributed by atoms with van der Waals surface area (Å²) < 4.78 is 36.6. The van der Waals surface area contributed by atoms with Gasteiger partial charge >= 0.3 is 6.18 Å². The number of guanidine groups is 1. The van der Waals surface area contributed by atoms with Crippen LogP contribution in [0.5, 0.6) is 0 Å².